The summed E-state index contributed by atoms with van der Waals surface area (Å²) in [7, 11) is 0. The molecule has 0 N–H and O–H groups in total. The summed E-state index contributed by atoms with van der Waals surface area (Å²) in [6, 6.07) is 0. The SMILES string of the molecule is C=CP(=[Se])(C=C)C=C. The van der Waals surface area contributed by atoms with Gasteiger partial charge in [0.15, 0.2) is 0 Å². The first-order valence-electron chi connectivity index (χ1n) is 2.18. The van der Waals surface area contributed by atoms with Crippen molar-refractivity contribution in [2.75, 3.05) is 0 Å². The van der Waals surface area contributed by atoms with Crippen molar-refractivity contribution in [2.24, 2.45) is 0 Å². The molecule has 0 heterocycles. The molecule has 0 saturated heterocycles. The monoisotopic (exact) mass is 192 g/mol. The molecule has 0 atom stereocenters. The first-order valence-corrected chi connectivity index (χ1v) is 6.39. The van der Waals surface area contributed by atoms with Crippen molar-refractivity contribution in [2.45, 2.75) is 0 Å². The van der Waals surface area contributed by atoms with Gasteiger partial charge in [-0.3, -0.25) is 0 Å². The molecule has 0 aromatic rings. The van der Waals surface area contributed by atoms with Crippen molar-refractivity contribution >= 4 is 20.6 Å². The molecule has 0 aliphatic rings. The van der Waals surface area contributed by atoms with E-state index >= 15 is 0 Å². The van der Waals surface area contributed by atoms with E-state index < -0.39 is 5.51 Å². The third kappa shape index (κ3) is 1.96. The molecule has 0 radical (unpaired) electrons. The second-order valence-corrected chi connectivity index (χ2v) is 7.91. The topological polar surface area (TPSA) is 0 Å². The minimum atomic E-state index is -1.25. The van der Waals surface area contributed by atoms with Crippen LogP contribution in [-0.4, -0.2) is 15.1 Å². The van der Waals surface area contributed by atoms with E-state index in [1.54, 1.807) is 0 Å². The summed E-state index contributed by atoms with van der Waals surface area (Å²) in [6.45, 7) is 11.0. The number of hydrogen-bond acceptors (Lipinski definition) is 0. The van der Waals surface area contributed by atoms with E-state index in [9.17, 15) is 0 Å². The summed E-state index contributed by atoms with van der Waals surface area (Å²) >= 11 is 3.00. The van der Waals surface area contributed by atoms with Crippen molar-refractivity contribution in [1.29, 1.82) is 0 Å². The fourth-order valence-corrected chi connectivity index (χ4v) is 0.671. The van der Waals surface area contributed by atoms with Crippen molar-refractivity contribution in [3.05, 3.63) is 37.2 Å². The number of rotatable bonds is 3. The van der Waals surface area contributed by atoms with Crippen molar-refractivity contribution in [3.8, 4) is 0 Å². The van der Waals surface area contributed by atoms with E-state index in [0.717, 1.165) is 0 Å². The Morgan fingerprint density at radius 2 is 1.25 bits per heavy atom. The molecule has 8 heavy (non-hydrogen) atoms. The molecule has 0 unspecified atom stereocenters. The average molecular weight is 191 g/mol. The summed E-state index contributed by atoms with van der Waals surface area (Å²) in [5.41, 5.74) is -1.25. The van der Waals surface area contributed by atoms with Crippen LogP contribution in [0.5, 0.6) is 0 Å². The van der Waals surface area contributed by atoms with Gasteiger partial charge in [-0.15, -0.1) is 0 Å². The van der Waals surface area contributed by atoms with Crippen LogP contribution in [0, 0.1) is 0 Å². The Balaban J connectivity index is 4.45. The minimum absolute atomic E-state index is 1.25. The van der Waals surface area contributed by atoms with E-state index in [2.05, 4.69) is 34.8 Å². The Hall–Kier alpha value is 0.169. The summed E-state index contributed by atoms with van der Waals surface area (Å²) < 4.78 is 0. The van der Waals surface area contributed by atoms with Gasteiger partial charge in [0.05, 0.1) is 0 Å². The Morgan fingerprint density at radius 3 is 1.25 bits per heavy atom. The van der Waals surface area contributed by atoms with E-state index in [1.807, 2.05) is 17.5 Å². The molecule has 0 amide bonds. The zero-order chi connectivity index (χ0) is 6.62. The molecule has 0 aromatic carbocycles. The maximum absolute atomic E-state index is 3.65. The van der Waals surface area contributed by atoms with Gasteiger partial charge in [0.1, 0.15) is 0 Å². The van der Waals surface area contributed by atoms with Gasteiger partial charge in [-0.1, -0.05) is 0 Å². The Bertz CT molecular complexity index is 129. The molecule has 0 aliphatic carbocycles. The molecular formula is C6H9PSe. The van der Waals surface area contributed by atoms with Crippen molar-refractivity contribution in [1.82, 2.24) is 0 Å². The van der Waals surface area contributed by atoms with E-state index in [1.165, 1.54) is 0 Å². The van der Waals surface area contributed by atoms with Gasteiger partial charge in [-0.05, 0) is 0 Å². The van der Waals surface area contributed by atoms with Gasteiger partial charge in [0.2, 0.25) is 0 Å². The Kier molecular flexibility index (Phi) is 3.31. The maximum atomic E-state index is 3.65. The van der Waals surface area contributed by atoms with Crippen LogP contribution in [0.1, 0.15) is 0 Å². The van der Waals surface area contributed by atoms with Crippen molar-refractivity contribution < 1.29 is 0 Å². The Morgan fingerprint density at radius 1 is 1.00 bits per heavy atom. The molecular weight excluding hydrogens is 182 g/mol. The molecule has 0 nitrogen and oxygen atoms in total. The zero-order valence-electron chi connectivity index (χ0n) is 4.71. The first-order chi connectivity index (χ1) is 3.68. The molecule has 0 aromatic heterocycles. The van der Waals surface area contributed by atoms with Crippen LogP contribution in [0.2, 0.25) is 0 Å². The van der Waals surface area contributed by atoms with Gasteiger partial charge in [0.25, 0.3) is 0 Å². The second-order valence-electron chi connectivity index (χ2n) is 1.31. The van der Waals surface area contributed by atoms with E-state index in [0.29, 0.717) is 0 Å². The second kappa shape index (κ2) is 3.25. The number of hydrogen-bond donors (Lipinski definition) is 0. The van der Waals surface area contributed by atoms with Crippen molar-refractivity contribution in [3.63, 3.8) is 0 Å². The molecule has 0 aliphatic heterocycles. The quantitative estimate of drug-likeness (QED) is 0.475. The molecule has 2 heteroatoms. The zero-order valence-corrected chi connectivity index (χ0v) is 7.32. The predicted molar refractivity (Wildman–Crippen MR) is 43.3 cm³/mol. The molecule has 0 rings (SSSR count). The van der Waals surface area contributed by atoms with Crippen LogP contribution in [0.4, 0.5) is 0 Å². The van der Waals surface area contributed by atoms with Crippen LogP contribution < -0.4 is 0 Å². The molecule has 44 valence electrons. The molecule has 0 bridgehead atoms. The van der Waals surface area contributed by atoms with Crippen LogP contribution >= 0.6 is 5.51 Å². The van der Waals surface area contributed by atoms with Gasteiger partial charge in [-0.25, -0.2) is 0 Å². The average Bonchev–Trinajstić information content (AvgIpc) is 1.87. The third-order valence-corrected chi connectivity index (χ3v) is 5.38. The van der Waals surface area contributed by atoms with Gasteiger partial charge in [0, 0.05) is 0 Å². The fourth-order valence-electron chi connectivity index (χ4n) is 0.224. The predicted octanol–water partition coefficient (Wildman–Crippen LogP) is 2.52. The van der Waals surface area contributed by atoms with Gasteiger partial charge in [-0.2, -0.15) is 0 Å². The summed E-state index contributed by atoms with van der Waals surface area (Å²) in [5, 5.41) is 0. The molecule has 0 saturated carbocycles. The van der Waals surface area contributed by atoms with E-state index in [4.69, 9.17) is 0 Å². The van der Waals surface area contributed by atoms with Crippen LogP contribution in [0.25, 0.3) is 0 Å². The third-order valence-electron chi connectivity index (χ3n) is 0.856. The first kappa shape index (κ1) is 8.17. The van der Waals surface area contributed by atoms with Crippen LogP contribution in [0.15, 0.2) is 37.2 Å². The van der Waals surface area contributed by atoms with Gasteiger partial charge >= 0.3 is 57.8 Å². The van der Waals surface area contributed by atoms with Crippen LogP contribution in [0.3, 0.4) is 0 Å². The molecule has 0 fully saturated rings. The van der Waals surface area contributed by atoms with Crippen LogP contribution in [-0.2, 0) is 0 Å². The summed E-state index contributed by atoms with van der Waals surface area (Å²) in [4.78, 5) is 0. The Labute approximate surface area is 58.2 Å². The standard InChI is InChI=1S/C6H9PSe/c1-4-7(8,5-2)6-3/h4-6H,1-3H2. The van der Waals surface area contributed by atoms with Gasteiger partial charge < -0.3 is 0 Å². The summed E-state index contributed by atoms with van der Waals surface area (Å²) in [6.07, 6.45) is 0. The molecule has 0 spiro atoms. The summed E-state index contributed by atoms with van der Waals surface area (Å²) in [5.74, 6) is 5.60. The fraction of sp³-hybridized carbons (Fsp3) is 0. The van der Waals surface area contributed by atoms with E-state index in [-0.39, 0.29) is 0 Å². The normalized spacial score (nSPS) is 10.0.